The lowest BCUT2D eigenvalue weighted by molar-refractivity contribution is -0.384. The maximum absolute atomic E-state index is 12.5. The summed E-state index contributed by atoms with van der Waals surface area (Å²) in [6, 6.07) is 9.32. The summed E-state index contributed by atoms with van der Waals surface area (Å²) in [7, 11) is 0. The highest BCUT2D eigenvalue weighted by Gasteiger charge is 2.24. The van der Waals surface area contributed by atoms with Crippen LogP contribution >= 0.6 is 11.6 Å². The minimum absolute atomic E-state index is 0.0229. The highest BCUT2D eigenvalue weighted by molar-refractivity contribution is 6.32. The zero-order chi connectivity index (χ0) is 20.4. The summed E-state index contributed by atoms with van der Waals surface area (Å²) in [6.07, 6.45) is 1.67. The molecule has 0 spiro atoms. The van der Waals surface area contributed by atoms with E-state index in [1.165, 1.54) is 12.1 Å². The summed E-state index contributed by atoms with van der Waals surface area (Å²) in [5.41, 5.74) is 2.25. The van der Waals surface area contributed by atoms with E-state index < -0.39 is 10.8 Å². The van der Waals surface area contributed by atoms with Crippen LogP contribution in [0.2, 0.25) is 5.02 Å². The molecule has 0 unspecified atom stereocenters. The van der Waals surface area contributed by atoms with Gasteiger partial charge in [0, 0.05) is 35.5 Å². The normalized spacial score (nSPS) is 13.2. The van der Waals surface area contributed by atoms with Gasteiger partial charge in [-0.05, 0) is 48.7 Å². The third kappa shape index (κ3) is 3.99. The maximum Gasteiger partial charge on any atom is 0.288 e. The predicted octanol–water partition coefficient (Wildman–Crippen LogP) is 4.44. The van der Waals surface area contributed by atoms with Crippen LogP contribution in [0.1, 0.15) is 36.2 Å². The summed E-state index contributed by atoms with van der Waals surface area (Å²) in [4.78, 5) is 37.1. The third-order valence-electron chi connectivity index (χ3n) is 4.62. The highest BCUT2D eigenvalue weighted by Crippen LogP contribution is 2.31. The molecule has 146 valence electrons. The Hall–Kier alpha value is -2.93. The van der Waals surface area contributed by atoms with E-state index in [-0.39, 0.29) is 28.1 Å². The molecule has 2 aromatic carbocycles. The van der Waals surface area contributed by atoms with Crippen LogP contribution in [0, 0.1) is 16.0 Å². The zero-order valence-electron chi connectivity index (χ0n) is 15.6. The molecule has 2 amide bonds. The molecule has 0 aromatic heterocycles. The molecule has 0 atom stereocenters. The van der Waals surface area contributed by atoms with Crippen LogP contribution < -0.4 is 10.2 Å². The molecule has 8 heteroatoms. The molecule has 1 N–H and O–H groups in total. The Bertz CT molecular complexity index is 958. The Labute approximate surface area is 167 Å². The van der Waals surface area contributed by atoms with E-state index >= 15 is 0 Å². The van der Waals surface area contributed by atoms with Crippen LogP contribution in [0.15, 0.2) is 36.4 Å². The lowest BCUT2D eigenvalue weighted by Crippen LogP contribution is -2.38. The number of carbonyl (C=O) groups is 2. The van der Waals surface area contributed by atoms with Crippen LogP contribution in [-0.4, -0.2) is 23.3 Å². The van der Waals surface area contributed by atoms with Gasteiger partial charge < -0.3 is 10.2 Å². The first-order chi connectivity index (χ1) is 13.3. The van der Waals surface area contributed by atoms with Gasteiger partial charge in [-0.3, -0.25) is 19.7 Å². The number of nitro groups is 1. The fraction of sp³-hybridized carbons (Fsp3) is 0.300. The van der Waals surface area contributed by atoms with Gasteiger partial charge >= 0.3 is 0 Å². The second kappa shape index (κ2) is 7.98. The number of nitrogens with one attached hydrogen (secondary N) is 1. The number of fused-ring (bicyclic) bond motifs is 1. The van der Waals surface area contributed by atoms with Gasteiger partial charge in [0.1, 0.15) is 5.02 Å². The molecule has 0 saturated heterocycles. The van der Waals surface area contributed by atoms with E-state index in [9.17, 15) is 19.7 Å². The first-order valence-electron chi connectivity index (χ1n) is 8.97. The van der Waals surface area contributed by atoms with E-state index in [1.807, 2.05) is 26.0 Å². The lowest BCUT2D eigenvalue weighted by atomic mass is 9.99. The first kappa shape index (κ1) is 19.8. The topological polar surface area (TPSA) is 92.6 Å². The van der Waals surface area contributed by atoms with E-state index in [4.69, 9.17) is 11.6 Å². The van der Waals surface area contributed by atoms with Gasteiger partial charge in [-0.15, -0.1) is 0 Å². The summed E-state index contributed by atoms with van der Waals surface area (Å²) >= 11 is 5.79. The van der Waals surface area contributed by atoms with Crippen LogP contribution in [0.25, 0.3) is 0 Å². The van der Waals surface area contributed by atoms with Crippen molar-refractivity contribution in [1.29, 1.82) is 0 Å². The maximum atomic E-state index is 12.5. The summed E-state index contributed by atoms with van der Waals surface area (Å²) in [5.74, 6) is -0.483. The van der Waals surface area contributed by atoms with Gasteiger partial charge in [0.25, 0.3) is 11.6 Å². The highest BCUT2D eigenvalue weighted by atomic mass is 35.5. The van der Waals surface area contributed by atoms with Gasteiger partial charge in [0.2, 0.25) is 5.91 Å². The molecule has 0 fully saturated rings. The molecule has 1 heterocycles. The Kier molecular flexibility index (Phi) is 5.65. The molecule has 1 aliphatic heterocycles. The Balaban J connectivity index is 1.83. The molecule has 28 heavy (non-hydrogen) atoms. The van der Waals surface area contributed by atoms with Crippen molar-refractivity contribution in [2.75, 3.05) is 16.8 Å². The van der Waals surface area contributed by atoms with E-state index in [1.54, 1.807) is 11.0 Å². The number of halogens is 1. The number of rotatable bonds is 4. The fourth-order valence-corrected chi connectivity index (χ4v) is 3.40. The number of benzene rings is 2. The van der Waals surface area contributed by atoms with Crippen molar-refractivity contribution in [3.8, 4) is 0 Å². The lowest BCUT2D eigenvalue weighted by Gasteiger charge is -2.31. The van der Waals surface area contributed by atoms with Crippen molar-refractivity contribution in [3.05, 3.63) is 62.7 Å². The molecular weight excluding hydrogens is 382 g/mol. The first-order valence-corrected chi connectivity index (χ1v) is 9.35. The number of carbonyl (C=O) groups excluding carboxylic acids is 2. The summed E-state index contributed by atoms with van der Waals surface area (Å²) < 4.78 is 0. The predicted molar refractivity (Wildman–Crippen MR) is 108 cm³/mol. The van der Waals surface area contributed by atoms with Crippen molar-refractivity contribution < 1.29 is 14.5 Å². The SMILES string of the molecule is CC(C)C(=O)N1CCCc2cc(NC(=O)c3ccc(Cl)c([N+](=O)[O-])c3)ccc21. The second-order valence-electron chi connectivity index (χ2n) is 6.97. The average molecular weight is 402 g/mol. The minimum atomic E-state index is -0.627. The number of aryl methyl sites for hydroxylation is 1. The molecule has 2 aromatic rings. The van der Waals surface area contributed by atoms with Gasteiger partial charge in [-0.2, -0.15) is 0 Å². The molecular formula is C20H20ClN3O4. The van der Waals surface area contributed by atoms with Crippen molar-refractivity contribution >= 4 is 40.5 Å². The third-order valence-corrected chi connectivity index (χ3v) is 4.94. The number of nitro benzene ring substituents is 1. The van der Waals surface area contributed by atoms with E-state index in [0.29, 0.717) is 12.2 Å². The van der Waals surface area contributed by atoms with Crippen molar-refractivity contribution in [3.63, 3.8) is 0 Å². The Morgan fingerprint density at radius 3 is 2.64 bits per heavy atom. The average Bonchev–Trinajstić information content (AvgIpc) is 2.66. The van der Waals surface area contributed by atoms with Gasteiger partial charge in [0.15, 0.2) is 0 Å². The molecule has 3 rings (SSSR count). The smallest absolute Gasteiger partial charge is 0.288 e. The monoisotopic (exact) mass is 401 g/mol. The number of nitrogens with zero attached hydrogens (tertiary/aromatic N) is 2. The van der Waals surface area contributed by atoms with Gasteiger partial charge in [-0.1, -0.05) is 25.4 Å². The van der Waals surface area contributed by atoms with E-state index in [0.717, 1.165) is 30.2 Å². The Morgan fingerprint density at radius 1 is 1.21 bits per heavy atom. The molecule has 0 bridgehead atoms. The van der Waals surface area contributed by atoms with Crippen molar-refractivity contribution in [2.24, 2.45) is 5.92 Å². The molecule has 7 nitrogen and oxygen atoms in total. The largest absolute Gasteiger partial charge is 0.322 e. The Morgan fingerprint density at radius 2 is 1.96 bits per heavy atom. The number of hydrogen-bond donors (Lipinski definition) is 1. The van der Waals surface area contributed by atoms with Crippen molar-refractivity contribution in [2.45, 2.75) is 26.7 Å². The molecule has 1 aliphatic rings. The molecule has 0 aliphatic carbocycles. The van der Waals surface area contributed by atoms with E-state index in [2.05, 4.69) is 5.32 Å². The quantitative estimate of drug-likeness (QED) is 0.605. The zero-order valence-corrected chi connectivity index (χ0v) is 16.3. The minimum Gasteiger partial charge on any atom is -0.322 e. The standard InChI is InChI=1S/C20H20ClN3O4/c1-12(2)20(26)23-9-3-4-13-10-15(6-8-17(13)23)22-19(25)14-5-7-16(21)18(11-14)24(27)28/h5-8,10-12H,3-4,9H2,1-2H3,(H,22,25). The number of anilines is 2. The molecule has 0 saturated carbocycles. The van der Waals surface area contributed by atoms with Crippen molar-refractivity contribution in [1.82, 2.24) is 0 Å². The molecule has 0 radical (unpaired) electrons. The van der Waals surface area contributed by atoms with Gasteiger partial charge in [0.05, 0.1) is 4.92 Å². The number of amides is 2. The van der Waals surface area contributed by atoms with Crippen LogP contribution in [-0.2, 0) is 11.2 Å². The van der Waals surface area contributed by atoms with Gasteiger partial charge in [-0.25, -0.2) is 0 Å². The summed E-state index contributed by atoms with van der Waals surface area (Å²) in [5, 5.41) is 13.7. The summed E-state index contributed by atoms with van der Waals surface area (Å²) in [6.45, 7) is 4.43. The number of hydrogen-bond acceptors (Lipinski definition) is 4. The van der Waals surface area contributed by atoms with Crippen LogP contribution in [0.4, 0.5) is 17.1 Å². The fourth-order valence-electron chi connectivity index (χ4n) is 3.21. The van der Waals surface area contributed by atoms with Crippen LogP contribution in [0.3, 0.4) is 0 Å². The van der Waals surface area contributed by atoms with Crippen LogP contribution in [0.5, 0.6) is 0 Å². The second-order valence-corrected chi connectivity index (χ2v) is 7.38.